The van der Waals surface area contributed by atoms with Crippen LogP contribution < -0.4 is 0 Å². The molecule has 0 unspecified atom stereocenters. The van der Waals surface area contributed by atoms with E-state index in [1.165, 1.54) is 11.8 Å². The maximum Gasteiger partial charge on any atom is 0.337 e. The number of carbonyl (C=O) groups excluding carboxylic acids is 1. The first-order chi connectivity index (χ1) is 9.78. The lowest BCUT2D eigenvalue weighted by molar-refractivity contribution is 0.0601. The summed E-state index contributed by atoms with van der Waals surface area (Å²) in [5, 5.41) is 2.08. The van der Waals surface area contributed by atoms with Gasteiger partial charge in [0.15, 0.2) is 5.58 Å². The molecule has 2 heterocycles. The molecule has 4 aromatic rings. The molecule has 0 amide bonds. The van der Waals surface area contributed by atoms with Crippen LogP contribution in [0.1, 0.15) is 10.4 Å². The highest BCUT2D eigenvalue weighted by atomic mass is 32.1. The van der Waals surface area contributed by atoms with Crippen molar-refractivity contribution in [2.75, 3.05) is 7.11 Å². The highest BCUT2D eigenvalue weighted by Gasteiger charge is 2.15. The SMILES string of the molecule is COC(=O)c1ccc2oc3c4ccccc4sc3c2c1. The van der Waals surface area contributed by atoms with Crippen molar-refractivity contribution in [1.82, 2.24) is 0 Å². The van der Waals surface area contributed by atoms with Crippen LogP contribution in [0.4, 0.5) is 0 Å². The van der Waals surface area contributed by atoms with Gasteiger partial charge in [0.05, 0.1) is 17.4 Å². The molecule has 0 atom stereocenters. The highest BCUT2D eigenvalue weighted by Crippen LogP contribution is 2.40. The number of hydrogen-bond acceptors (Lipinski definition) is 4. The van der Waals surface area contributed by atoms with Crippen LogP contribution in [0, 0.1) is 0 Å². The molecule has 0 saturated heterocycles. The average Bonchev–Trinajstić information content (AvgIpc) is 3.02. The molecular weight excluding hydrogens is 272 g/mol. The molecule has 20 heavy (non-hydrogen) atoms. The van der Waals surface area contributed by atoms with Crippen molar-refractivity contribution in [2.24, 2.45) is 0 Å². The van der Waals surface area contributed by atoms with E-state index >= 15 is 0 Å². The van der Waals surface area contributed by atoms with Crippen LogP contribution in [0.2, 0.25) is 0 Å². The Balaban J connectivity index is 2.10. The first-order valence-electron chi connectivity index (χ1n) is 6.20. The number of carbonyl (C=O) groups is 1. The quantitative estimate of drug-likeness (QED) is 0.479. The van der Waals surface area contributed by atoms with Crippen molar-refractivity contribution in [3.05, 3.63) is 48.0 Å². The lowest BCUT2D eigenvalue weighted by Crippen LogP contribution is -1.99. The van der Waals surface area contributed by atoms with Gasteiger partial charge in [-0.1, -0.05) is 12.1 Å². The number of thiophene rings is 1. The molecule has 0 N–H and O–H groups in total. The van der Waals surface area contributed by atoms with E-state index in [2.05, 4.69) is 12.1 Å². The van der Waals surface area contributed by atoms with Gasteiger partial charge in [0.2, 0.25) is 0 Å². The number of hydrogen-bond donors (Lipinski definition) is 0. The summed E-state index contributed by atoms with van der Waals surface area (Å²) in [5.41, 5.74) is 2.23. The Hall–Kier alpha value is -2.33. The highest BCUT2D eigenvalue weighted by molar-refractivity contribution is 7.26. The van der Waals surface area contributed by atoms with Gasteiger partial charge in [0, 0.05) is 15.5 Å². The monoisotopic (exact) mass is 282 g/mol. The van der Waals surface area contributed by atoms with Crippen LogP contribution >= 0.6 is 11.3 Å². The Morgan fingerprint density at radius 1 is 1.15 bits per heavy atom. The number of rotatable bonds is 1. The van der Waals surface area contributed by atoms with Gasteiger partial charge < -0.3 is 9.15 Å². The van der Waals surface area contributed by atoms with Crippen LogP contribution in [-0.4, -0.2) is 13.1 Å². The molecule has 0 aliphatic heterocycles. The summed E-state index contributed by atoms with van der Waals surface area (Å²) < 4.78 is 13.0. The number of ether oxygens (including phenoxy) is 1. The Bertz CT molecular complexity index is 962. The number of benzene rings is 2. The van der Waals surface area contributed by atoms with Gasteiger partial charge in [-0.3, -0.25) is 0 Å². The van der Waals surface area contributed by atoms with Gasteiger partial charge in [-0.2, -0.15) is 0 Å². The van der Waals surface area contributed by atoms with E-state index in [1.54, 1.807) is 17.4 Å². The second kappa shape index (κ2) is 4.08. The molecule has 98 valence electrons. The molecule has 0 aliphatic carbocycles. The number of fused-ring (bicyclic) bond motifs is 5. The van der Waals surface area contributed by atoms with Gasteiger partial charge >= 0.3 is 5.97 Å². The first kappa shape index (κ1) is 11.5. The van der Waals surface area contributed by atoms with E-state index in [0.29, 0.717) is 5.56 Å². The summed E-state index contributed by atoms with van der Waals surface area (Å²) in [6.45, 7) is 0. The molecule has 0 fully saturated rings. The largest absolute Gasteiger partial charge is 0.465 e. The fraction of sp³-hybridized carbons (Fsp3) is 0.0625. The van der Waals surface area contributed by atoms with Crippen LogP contribution in [0.5, 0.6) is 0 Å². The molecule has 0 saturated carbocycles. The molecular formula is C16H10O3S. The maximum atomic E-state index is 11.6. The fourth-order valence-corrected chi connectivity index (χ4v) is 3.60. The Kier molecular flexibility index (Phi) is 2.35. The lowest BCUT2D eigenvalue weighted by atomic mass is 10.1. The van der Waals surface area contributed by atoms with Gasteiger partial charge in [0.25, 0.3) is 0 Å². The minimum atomic E-state index is -0.331. The number of esters is 1. The van der Waals surface area contributed by atoms with E-state index in [1.807, 2.05) is 24.3 Å². The summed E-state index contributed by atoms with van der Waals surface area (Å²) in [5.74, 6) is -0.331. The molecule has 4 rings (SSSR count). The van der Waals surface area contributed by atoms with Crippen LogP contribution in [0.15, 0.2) is 46.9 Å². The minimum Gasteiger partial charge on any atom is -0.465 e. The predicted molar refractivity (Wildman–Crippen MR) is 80.4 cm³/mol. The van der Waals surface area contributed by atoms with Crippen molar-refractivity contribution < 1.29 is 13.9 Å². The van der Waals surface area contributed by atoms with E-state index in [9.17, 15) is 4.79 Å². The zero-order valence-corrected chi connectivity index (χ0v) is 11.5. The third-order valence-electron chi connectivity index (χ3n) is 3.41. The fourth-order valence-electron chi connectivity index (χ4n) is 2.45. The van der Waals surface area contributed by atoms with Crippen molar-refractivity contribution in [2.45, 2.75) is 0 Å². The first-order valence-corrected chi connectivity index (χ1v) is 7.01. The zero-order valence-electron chi connectivity index (χ0n) is 10.7. The average molecular weight is 282 g/mol. The molecule has 3 nitrogen and oxygen atoms in total. The van der Waals surface area contributed by atoms with E-state index in [0.717, 1.165) is 26.6 Å². The predicted octanol–water partition coefficient (Wildman–Crippen LogP) is 4.59. The van der Waals surface area contributed by atoms with Crippen molar-refractivity contribution >= 4 is 48.6 Å². The normalized spacial score (nSPS) is 11.4. The van der Waals surface area contributed by atoms with Gasteiger partial charge in [0.1, 0.15) is 5.58 Å². The molecule has 0 bridgehead atoms. The second-order valence-electron chi connectivity index (χ2n) is 4.56. The molecule has 2 aromatic carbocycles. The standard InChI is InChI=1S/C16H10O3S/c1-18-16(17)9-6-7-12-11(8-9)15-14(19-12)10-4-2-3-5-13(10)20-15/h2-8H,1H3. The summed E-state index contributed by atoms with van der Waals surface area (Å²) in [4.78, 5) is 11.6. The Morgan fingerprint density at radius 3 is 2.85 bits per heavy atom. The zero-order chi connectivity index (χ0) is 13.7. The topological polar surface area (TPSA) is 39.4 Å². The van der Waals surface area contributed by atoms with E-state index in [-0.39, 0.29) is 5.97 Å². The lowest BCUT2D eigenvalue weighted by Gasteiger charge is -1.98. The molecule has 4 heteroatoms. The number of furan rings is 1. The van der Waals surface area contributed by atoms with Crippen molar-refractivity contribution in [1.29, 1.82) is 0 Å². The minimum absolute atomic E-state index is 0.331. The second-order valence-corrected chi connectivity index (χ2v) is 5.61. The smallest absolute Gasteiger partial charge is 0.337 e. The Labute approximate surface area is 118 Å². The molecule has 2 aromatic heterocycles. The third kappa shape index (κ3) is 1.48. The molecule has 0 radical (unpaired) electrons. The van der Waals surface area contributed by atoms with Gasteiger partial charge in [-0.05, 0) is 30.3 Å². The molecule has 0 aliphatic rings. The summed E-state index contributed by atoms with van der Waals surface area (Å²) in [7, 11) is 1.39. The van der Waals surface area contributed by atoms with E-state index in [4.69, 9.17) is 9.15 Å². The molecule has 0 spiro atoms. The number of methoxy groups -OCH3 is 1. The van der Waals surface area contributed by atoms with Crippen molar-refractivity contribution in [3.63, 3.8) is 0 Å². The van der Waals surface area contributed by atoms with Crippen molar-refractivity contribution in [3.8, 4) is 0 Å². The van der Waals surface area contributed by atoms with Crippen LogP contribution in [-0.2, 0) is 4.74 Å². The summed E-state index contributed by atoms with van der Waals surface area (Å²) >= 11 is 1.68. The Morgan fingerprint density at radius 2 is 2.00 bits per heavy atom. The maximum absolute atomic E-state index is 11.6. The van der Waals surface area contributed by atoms with Crippen LogP contribution in [0.25, 0.3) is 31.3 Å². The van der Waals surface area contributed by atoms with Crippen LogP contribution in [0.3, 0.4) is 0 Å². The summed E-state index contributed by atoms with van der Waals surface area (Å²) in [6, 6.07) is 13.5. The van der Waals surface area contributed by atoms with Gasteiger partial charge in [-0.25, -0.2) is 4.79 Å². The van der Waals surface area contributed by atoms with E-state index < -0.39 is 0 Å². The van der Waals surface area contributed by atoms with Gasteiger partial charge in [-0.15, -0.1) is 11.3 Å². The summed E-state index contributed by atoms with van der Waals surface area (Å²) in [6.07, 6.45) is 0. The third-order valence-corrected chi connectivity index (χ3v) is 4.59.